The molecule has 1 amide bonds. The fraction of sp³-hybridized carbons (Fsp3) is 0.133. The van der Waals surface area contributed by atoms with Gasteiger partial charge >= 0.3 is 0 Å². The van der Waals surface area contributed by atoms with E-state index in [1.54, 1.807) is 24.7 Å². The van der Waals surface area contributed by atoms with Crippen LogP contribution in [0.15, 0.2) is 47.8 Å². The van der Waals surface area contributed by atoms with E-state index in [0.717, 1.165) is 16.7 Å². The van der Waals surface area contributed by atoms with Crippen molar-refractivity contribution in [3.63, 3.8) is 0 Å². The Bertz CT molecular complexity index is 606. The Morgan fingerprint density at radius 3 is 2.58 bits per heavy atom. The number of amides is 1. The van der Waals surface area contributed by atoms with Crippen LogP contribution in [0.5, 0.6) is 0 Å². The summed E-state index contributed by atoms with van der Waals surface area (Å²) in [7, 11) is 0. The predicted molar refractivity (Wildman–Crippen MR) is 75.2 cm³/mol. The summed E-state index contributed by atoms with van der Waals surface area (Å²) in [6.07, 6.45) is 4.93. The zero-order chi connectivity index (χ0) is 13.7. The summed E-state index contributed by atoms with van der Waals surface area (Å²) in [4.78, 5) is 15.8. The fourth-order valence-electron chi connectivity index (χ4n) is 1.56. The molecule has 0 unspecified atom stereocenters. The van der Waals surface area contributed by atoms with Crippen LogP contribution in [0.3, 0.4) is 0 Å². The standard InChI is InChI=1S/C15H15N3O/c1-11-3-4-14(9-12(11)2)15(19)18-17-10-13-5-7-16-8-6-13/h3-10H,1-2H3,(H,18,19). The molecule has 0 saturated heterocycles. The molecule has 0 saturated carbocycles. The number of aromatic nitrogens is 1. The SMILES string of the molecule is Cc1ccc(C(=O)NN=Cc2ccncc2)cc1C. The highest BCUT2D eigenvalue weighted by Gasteiger charge is 2.04. The molecule has 1 aromatic carbocycles. The van der Waals surface area contributed by atoms with E-state index >= 15 is 0 Å². The number of hydrogen-bond acceptors (Lipinski definition) is 3. The monoisotopic (exact) mass is 253 g/mol. The molecule has 4 nitrogen and oxygen atoms in total. The number of benzene rings is 1. The minimum atomic E-state index is -0.214. The summed E-state index contributed by atoms with van der Waals surface area (Å²) in [6, 6.07) is 9.19. The van der Waals surface area contributed by atoms with Crippen LogP contribution in [-0.2, 0) is 0 Å². The fourth-order valence-corrected chi connectivity index (χ4v) is 1.56. The van der Waals surface area contributed by atoms with Gasteiger partial charge in [-0.2, -0.15) is 5.10 Å². The van der Waals surface area contributed by atoms with E-state index in [9.17, 15) is 4.79 Å². The second-order valence-corrected chi connectivity index (χ2v) is 4.28. The Hall–Kier alpha value is -2.49. The van der Waals surface area contributed by atoms with Crippen LogP contribution in [0.2, 0.25) is 0 Å². The maximum absolute atomic E-state index is 11.9. The zero-order valence-electron chi connectivity index (χ0n) is 10.9. The summed E-state index contributed by atoms with van der Waals surface area (Å²) in [5.74, 6) is -0.214. The van der Waals surface area contributed by atoms with E-state index < -0.39 is 0 Å². The molecule has 1 aromatic heterocycles. The maximum Gasteiger partial charge on any atom is 0.271 e. The largest absolute Gasteiger partial charge is 0.271 e. The van der Waals surface area contributed by atoms with Crippen molar-refractivity contribution >= 4 is 12.1 Å². The van der Waals surface area contributed by atoms with Gasteiger partial charge in [-0.15, -0.1) is 0 Å². The van der Waals surface area contributed by atoms with Gasteiger partial charge in [-0.1, -0.05) is 6.07 Å². The van der Waals surface area contributed by atoms with Crippen molar-refractivity contribution in [2.75, 3.05) is 0 Å². The first-order chi connectivity index (χ1) is 9.16. The Morgan fingerprint density at radius 1 is 1.16 bits per heavy atom. The minimum Gasteiger partial charge on any atom is -0.267 e. The normalized spacial score (nSPS) is 10.6. The molecule has 0 radical (unpaired) electrons. The van der Waals surface area contributed by atoms with Crippen molar-refractivity contribution in [3.05, 3.63) is 65.0 Å². The molecule has 96 valence electrons. The third kappa shape index (κ3) is 3.48. The molecule has 0 aliphatic rings. The third-order valence-corrected chi connectivity index (χ3v) is 2.85. The number of nitrogens with zero attached hydrogens (tertiary/aromatic N) is 2. The van der Waals surface area contributed by atoms with E-state index in [4.69, 9.17) is 0 Å². The van der Waals surface area contributed by atoms with Crippen molar-refractivity contribution in [2.45, 2.75) is 13.8 Å². The van der Waals surface area contributed by atoms with Crippen LogP contribution in [0.1, 0.15) is 27.0 Å². The van der Waals surface area contributed by atoms with E-state index in [-0.39, 0.29) is 5.91 Å². The quantitative estimate of drug-likeness (QED) is 0.674. The number of nitrogens with one attached hydrogen (secondary N) is 1. The van der Waals surface area contributed by atoms with Gasteiger partial charge in [0.2, 0.25) is 0 Å². The number of rotatable bonds is 3. The lowest BCUT2D eigenvalue weighted by Gasteiger charge is -2.03. The second-order valence-electron chi connectivity index (χ2n) is 4.28. The predicted octanol–water partition coefficient (Wildman–Crippen LogP) is 2.46. The average molecular weight is 253 g/mol. The molecule has 0 bridgehead atoms. The zero-order valence-corrected chi connectivity index (χ0v) is 10.9. The van der Waals surface area contributed by atoms with Gasteiger partial charge in [0.25, 0.3) is 5.91 Å². The first-order valence-electron chi connectivity index (χ1n) is 5.97. The molecule has 0 spiro atoms. The van der Waals surface area contributed by atoms with Crippen LogP contribution < -0.4 is 5.43 Å². The van der Waals surface area contributed by atoms with E-state index in [2.05, 4.69) is 15.5 Å². The molecule has 0 atom stereocenters. The van der Waals surface area contributed by atoms with Crippen LogP contribution in [0.4, 0.5) is 0 Å². The first-order valence-corrected chi connectivity index (χ1v) is 5.97. The van der Waals surface area contributed by atoms with Gasteiger partial charge in [-0.3, -0.25) is 9.78 Å². The maximum atomic E-state index is 11.9. The van der Waals surface area contributed by atoms with Crippen LogP contribution in [0.25, 0.3) is 0 Å². The van der Waals surface area contributed by atoms with Gasteiger partial charge in [0, 0.05) is 18.0 Å². The smallest absolute Gasteiger partial charge is 0.267 e. The molecule has 19 heavy (non-hydrogen) atoms. The number of carbonyl (C=O) groups excluding carboxylic acids is 1. The van der Waals surface area contributed by atoms with Crippen molar-refractivity contribution < 1.29 is 4.79 Å². The van der Waals surface area contributed by atoms with Gasteiger partial charge < -0.3 is 0 Å². The average Bonchev–Trinajstić information content (AvgIpc) is 2.43. The summed E-state index contributed by atoms with van der Waals surface area (Å²) < 4.78 is 0. The molecule has 2 aromatic rings. The molecule has 1 heterocycles. The topological polar surface area (TPSA) is 54.4 Å². The molecule has 4 heteroatoms. The van der Waals surface area contributed by atoms with Crippen LogP contribution >= 0.6 is 0 Å². The van der Waals surface area contributed by atoms with E-state index in [0.29, 0.717) is 5.56 Å². The molecular formula is C15H15N3O. The molecule has 2 rings (SSSR count). The Kier molecular flexibility index (Phi) is 4.03. The number of carbonyl (C=O) groups is 1. The van der Waals surface area contributed by atoms with Crippen LogP contribution in [0, 0.1) is 13.8 Å². The molecule has 0 aliphatic carbocycles. The van der Waals surface area contributed by atoms with Gasteiger partial charge in [-0.25, -0.2) is 5.43 Å². The highest BCUT2D eigenvalue weighted by molar-refractivity contribution is 5.95. The third-order valence-electron chi connectivity index (χ3n) is 2.85. The number of pyridine rings is 1. The lowest BCUT2D eigenvalue weighted by molar-refractivity contribution is 0.0955. The number of hydrogen-bond donors (Lipinski definition) is 1. The molecule has 0 fully saturated rings. The minimum absolute atomic E-state index is 0.214. The van der Waals surface area contributed by atoms with E-state index in [1.165, 1.54) is 0 Å². The van der Waals surface area contributed by atoms with Crippen molar-refractivity contribution in [1.29, 1.82) is 0 Å². The van der Waals surface area contributed by atoms with Gasteiger partial charge in [0.15, 0.2) is 0 Å². The Morgan fingerprint density at radius 2 is 1.89 bits per heavy atom. The summed E-state index contributed by atoms with van der Waals surface area (Å²) in [6.45, 7) is 3.99. The van der Waals surface area contributed by atoms with Gasteiger partial charge in [0.05, 0.1) is 6.21 Å². The van der Waals surface area contributed by atoms with Crippen LogP contribution in [-0.4, -0.2) is 17.1 Å². The van der Waals surface area contributed by atoms with Crippen molar-refractivity contribution in [1.82, 2.24) is 10.4 Å². The van der Waals surface area contributed by atoms with Crippen molar-refractivity contribution in [3.8, 4) is 0 Å². The number of hydrazone groups is 1. The second kappa shape index (κ2) is 5.91. The lowest BCUT2D eigenvalue weighted by atomic mass is 10.1. The van der Waals surface area contributed by atoms with Gasteiger partial charge in [0.1, 0.15) is 0 Å². The lowest BCUT2D eigenvalue weighted by Crippen LogP contribution is -2.17. The highest BCUT2D eigenvalue weighted by atomic mass is 16.2. The Balaban J connectivity index is 2.01. The summed E-state index contributed by atoms with van der Waals surface area (Å²) in [5.41, 5.74) is 6.25. The molecular weight excluding hydrogens is 238 g/mol. The summed E-state index contributed by atoms with van der Waals surface area (Å²) in [5, 5.41) is 3.92. The molecule has 0 aliphatic heterocycles. The van der Waals surface area contributed by atoms with Gasteiger partial charge in [-0.05, 0) is 54.8 Å². The highest BCUT2D eigenvalue weighted by Crippen LogP contribution is 2.09. The Labute approximate surface area is 112 Å². The number of aryl methyl sites for hydroxylation is 2. The summed E-state index contributed by atoms with van der Waals surface area (Å²) >= 11 is 0. The van der Waals surface area contributed by atoms with E-state index in [1.807, 2.05) is 38.1 Å². The van der Waals surface area contributed by atoms with Crippen molar-refractivity contribution in [2.24, 2.45) is 5.10 Å². The molecule has 1 N–H and O–H groups in total. The first kappa shape index (κ1) is 13.0.